The number of rotatable bonds is 10. The van der Waals surface area contributed by atoms with Gasteiger partial charge in [0, 0.05) is 13.2 Å². The second-order valence-electron chi connectivity index (χ2n) is 7.24. The van der Waals surface area contributed by atoms with E-state index in [2.05, 4.69) is 51.1 Å². The molecule has 136 valence electrons. The van der Waals surface area contributed by atoms with Gasteiger partial charge in [0.25, 0.3) is 0 Å². The first kappa shape index (κ1) is 19.4. The lowest BCUT2D eigenvalue weighted by Gasteiger charge is -2.31. The molecular formula is C21H34O3. The molecule has 3 atom stereocenters. The van der Waals surface area contributed by atoms with Crippen LogP contribution in [-0.4, -0.2) is 38.1 Å². The Hall–Kier alpha value is -0.900. The van der Waals surface area contributed by atoms with Crippen LogP contribution in [0.25, 0.3) is 0 Å². The molecule has 0 saturated carbocycles. The highest BCUT2D eigenvalue weighted by Crippen LogP contribution is 2.26. The van der Waals surface area contributed by atoms with Crippen molar-refractivity contribution in [1.29, 1.82) is 0 Å². The van der Waals surface area contributed by atoms with Crippen LogP contribution in [0.5, 0.6) is 0 Å². The minimum absolute atomic E-state index is 0.254. The Bertz CT molecular complexity index is 432. The predicted molar refractivity (Wildman–Crippen MR) is 98.3 cm³/mol. The molecule has 0 amide bonds. The number of hydrogen-bond acceptors (Lipinski definition) is 3. The van der Waals surface area contributed by atoms with Gasteiger partial charge in [0.05, 0.1) is 24.9 Å². The quantitative estimate of drug-likeness (QED) is 0.624. The fourth-order valence-corrected chi connectivity index (χ4v) is 3.32. The molecule has 1 aromatic rings. The molecule has 1 heterocycles. The molecule has 0 N–H and O–H groups in total. The van der Waals surface area contributed by atoms with Crippen LogP contribution in [0.2, 0.25) is 0 Å². The topological polar surface area (TPSA) is 27.7 Å². The first-order chi connectivity index (χ1) is 11.6. The lowest BCUT2D eigenvalue weighted by atomic mass is 9.90. The second kappa shape index (κ2) is 10.9. The average molecular weight is 334 g/mol. The summed E-state index contributed by atoms with van der Waals surface area (Å²) in [6, 6.07) is 10.5. The summed E-state index contributed by atoms with van der Waals surface area (Å²) in [7, 11) is 0. The molecular weight excluding hydrogens is 300 g/mol. The van der Waals surface area contributed by atoms with E-state index in [9.17, 15) is 0 Å². The lowest BCUT2D eigenvalue weighted by molar-refractivity contribution is -0.0518. The standard InChI is InChI=1S/C21H34O3/c1-17(2)22-12-10-20-11-14-24-21(16-20)15-18(3)23-13-9-19-7-5-4-6-8-19/h4-8,17-18,20-21H,9-16H2,1-3H3. The fraction of sp³-hybridized carbons (Fsp3) is 0.714. The highest BCUT2D eigenvalue weighted by Gasteiger charge is 2.24. The van der Waals surface area contributed by atoms with Crippen LogP contribution in [0.3, 0.4) is 0 Å². The van der Waals surface area contributed by atoms with Crippen molar-refractivity contribution in [2.75, 3.05) is 19.8 Å². The van der Waals surface area contributed by atoms with Gasteiger partial charge in [-0.3, -0.25) is 0 Å². The van der Waals surface area contributed by atoms with Gasteiger partial charge in [0.15, 0.2) is 0 Å². The van der Waals surface area contributed by atoms with E-state index in [0.29, 0.717) is 12.2 Å². The van der Waals surface area contributed by atoms with Crippen LogP contribution in [0.4, 0.5) is 0 Å². The average Bonchev–Trinajstić information content (AvgIpc) is 2.56. The molecule has 0 aliphatic carbocycles. The minimum Gasteiger partial charge on any atom is -0.379 e. The van der Waals surface area contributed by atoms with Crippen molar-refractivity contribution < 1.29 is 14.2 Å². The van der Waals surface area contributed by atoms with Crippen molar-refractivity contribution in [2.45, 2.75) is 71.2 Å². The van der Waals surface area contributed by atoms with Gasteiger partial charge in [-0.1, -0.05) is 30.3 Å². The van der Waals surface area contributed by atoms with Gasteiger partial charge in [0.1, 0.15) is 0 Å². The van der Waals surface area contributed by atoms with Crippen LogP contribution in [0, 0.1) is 5.92 Å². The van der Waals surface area contributed by atoms with Gasteiger partial charge in [0.2, 0.25) is 0 Å². The largest absolute Gasteiger partial charge is 0.379 e. The van der Waals surface area contributed by atoms with E-state index in [1.54, 1.807) is 0 Å². The maximum absolute atomic E-state index is 5.99. The van der Waals surface area contributed by atoms with Crippen LogP contribution in [0.1, 0.15) is 52.0 Å². The van der Waals surface area contributed by atoms with E-state index >= 15 is 0 Å². The van der Waals surface area contributed by atoms with Gasteiger partial charge in [-0.25, -0.2) is 0 Å². The number of ether oxygens (including phenoxy) is 3. The Balaban J connectivity index is 1.61. The summed E-state index contributed by atoms with van der Waals surface area (Å²) in [4.78, 5) is 0. The predicted octanol–water partition coefficient (Wildman–Crippen LogP) is 4.63. The van der Waals surface area contributed by atoms with Gasteiger partial charge in [-0.05, 0) is 64.4 Å². The molecule has 2 rings (SSSR count). The first-order valence-corrected chi connectivity index (χ1v) is 9.52. The fourth-order valence-electron chi connectivity index (χ4n) is 3.32. The minimum atomic E-state index is 0.254. The Labute approximate surface area is 147 Å². The highest BCUT2D eigenvalue weighted by molar-refractivity contribution is 5.14. The van der Waals surface area contributed by atoms with E-state index in [4.69, 9.17) is 14.2 Å². The summed E-state index contributed by atoms with van der Waals surface area (Å²) in [5, 5.41) is 0. The highest BCUT2D eigenvalue weighted by atomic mass is 16.5. The zero-order valence-electron chi connectivity index (χ0n) is 15.6. The Morgan fingerprint density at radius 3 is 2.62 bits per heavy atom. The van der Waals surface area contributed by atoms with Crippen LogP contribution < -0.4 is 0 Å². The van der Waals surface area contributed by atoms with Gasteiger partial charge in [-0.2, -0.15) is 0 Å². The molecule has 24 heavy (non-hydrogen) atoms. The van der Waals surface area contributed by atoms with Crippen molar-refractivity contribution in [2.24, 2.45) is 5.92 Å². The summed E-state index contributed by atoms with van der Waals surface area (Å²) < 4.78 is 17.6. The number of benzene rings is 1. The van der Waals surface area contributed by atoms with Crippen molar-refractivity contribution in [3.8, 4) is 0 Å². The molecule has 1 aliphatic heterocycles. The molecule has 1 saturated heterocycles. The normalized spacial score (nSPS) is 22.7. The van der Waals surface area contributed by atoms with Gasteiger partial charge in [-0.15, -0.1) is 0 Å². The smallest absolute Gasteiger partial charge is 0.0602 e. The maximum atomic E-state index is 5.99. The van der Waals surface area contributed by atoms with E-state index in [1.165, 1.54) is 12.0 Å². The Morgan fingerprint density at radius 1 is 1.08 bits per heavy atom. The van der Waals surface area contributed by atoms with Crippen molar-refractivity contribution in [3.63, 3.8) is 0 Å². The van der Waals surface area contributed by atoms with Crippen molar-refractivity contribution in [3.05, 3.63) is 35.9 Å². The van der Waals surface area contributed by atoms with E-state index in [0.717, 1.165) is 51.4 Å². The first-order valence-electron chi connectivity index (χ1n) is 9.52. The van der Waals surface area contributed by atoms with E-state index < -0.39 is 0 Å². The van der Waals surface area contributed by atoms with E-state index in [1.807, 2.05) is 0 Å². The molecule has 0 spiro atoms. The van der Waals surface area contributed by atoms with E-state index in [-0.39, 0.29) is 6.10 Å². The molecule has 0 bridgehead atoms. The zero-order valence-corrected chi connectivity index (χ0v) is 15.6. The molecule has 1 aromatic carbocycles. The van der Waals surface area contributed by atoms with Crippen LogP contribution >= 0.6 is 0 Å². The summed E-state index contributed by atoms with van der Waals surface area (Å²) in [5.41, 5.74) is 1.34. The second-order valence-corrected chi connectivity index (χ2v) is 7.24. The summed E-state index contributed by atoms with van der Waals surface area (Å²) in [5.74, 6) is 0.735. The summed E-state index contributed by atoms with van der Waals surface area (Å²) >= 11 is 0. The number of hydrogen-bond donors (Lipinski definition) is 0. The van der Waals surface area contributed by atoms with Gasteiger partial charge < -0.3 is 14.2 Å². The molecule has 0 radical (unpaired) electrons. The van der Waals surface area contributed by atoms with Crippen molar-refractivity contribution >= 4 is 0 Å². The summed E-state index contributed by atoms with van der Waals surface area (Å²) in [6.07, 6.45) is 6.37. The summed E-state index contributed by atoms with van der Waals surface area (Å²) in [6.45, 7) is 8.90. The molecule has 3 heteroatoms. The monoisotopic (exact) mass is 334 g/mol. The molecule has 1 aliphatic rings. The van der Waals surface area contributed by atoms with Crippen LogP contribution in [0.15, 0.2) is 30.3 Å². The maximum Gasteiger partial charge on any atom is 0.0602 e. The molecule has 0 aromatic heterocycles. The third-order valence-electron chi connectivity index (χ3n) is 4.68. The Morgan fingerprint density at radius 2 is 1.88 bits per heavy atom. The third-order valence-corrected chi connectivity index (χ3v) is 4.68. The zero-order chi connectivity index (χ0) is 17.2. The van der Waals surface area contributed by atoms with Crippen molar-refractivity contribution in [1.82, 2.24) is 0 Å². The van der Waals surface area contributed by atoms with Crippen LogP contribution in [-0.2, 0) is 20.6 Å². The molecule has 3 nitrogen and oxygen atoms in total. The SMILES string of the molecule is CC(C)OCCC1CCOC(CC(C)OCCc2ccccc2)C1. The lowest BCUT2D eigenvalue weighted by Crippen LogP contribution is -2.30. The van der Waals surface area contributed by atoms with Gasteiger partial charge >= 0.3 is 0 Å². The Kier molecular flexibility index (Phi) is 8.79. The molecule has 3 unspecified atom stereocenters. The third kappa shape index (κ3) is 7.78. The molecule has 1 fully saturated rings.